The second-order valence-electron chi connectivity index (χ2n) is 9.28. The van der Waals surface area contributed by atoms with E-state index in [2.05, 4.69) is 18.0 Å². The van der Waals surface area contributed by atoms with E-state index in [9.17, 15) is 9.90 Å². The number of hydrogen-bond donors (Lipinski definition) is 1. The number of thiophene rings is 1. The van der Waals surface area contributed by atoms with Crippen molar-refractivity contribution in [3.63, 3.8) is 0 Å². The van der Waals surface area contributed by atoms with Gasteiger partial charge in [-0.1, -0.05) is 36.4 Å². The van der Waals surface area contributed by atoms with E-state index in [1.165, 1.54) is 4.88 Å². The Morgan fingerprint density at radius 1 is 1.18 bits per heavy atom. The molecule has 0 radical (unpaired) electrons. The van der Waals surface area contributed by atoms with Crippen LogP contribution in [0.4, 0.5) is 0 Å². The van der Waals surface area contributed by atoms with E-state index in [1.807, 2.05) is 64.4 Å². The van der Waals surface area contributed by atoms with Crippen molar-refractivity contribution in [1.82, 2.24) is 9.80 Å². The third-order valence-corrected chi connectivity index (χ3v) is 7.52. The van der Waals surface area contributed by atoms with Gasteiger partial charge < -0.3 is 24.2 Å². The van der Waals surface area contributed by atoms with Crippen LogP contribution in [0.25, 0.3) is 0 Å². The molecule has 8 heteroatoms. The van der Waals surface area contributed by atoms with Gasteiger partial charge in [-0.3, -0.25) is 9.69 Å². The Bertz CT molecular complexity index is 1150. The zero-order chi connectivity index (χ0) is 26.7. The van der Waals surface area contributed by atoms with E-state index in [4.69, 9.17) is 14.2 Å². The van der Waals surface area contributed by atoms with Crippen molar-refractivity contribution < 1.29 is 24.1 Å². The molecule has 2 aromatic carbocycles. The van der Waals surface area contributed by atoms with Crippen LogP contribution >= 0.6 is 11.3 Å². The van der Waals surface area contributed by atoms with Crippen LogP contribution in [0.5, 0.6) is 11.5 Å². The van der Waals surface area contributed by atoms with Gasteiger partial charge >= 0.3 is 0 Å². The molecule has 0 saturated carbocycles. The van der Waals surface area contributed by atoms with E-state index >= 15 is 0 Å². The van der Waals surface area contributed by atoms with Crippen molar-refractivity contribution in [2.45, 2.75) is 25.2 Å². The summed E-state index contributed by atoms with van der Waals surface area (Å²) in [5.74, 6) is 1.50. The highest BCUT2D eigenvalue weighted by Gasteiger charge is 2.33. The number of rotatable bonds is 14. The second-order valence-corrected chi connectivity index (χ2v) is 10.3. The Kier molecular flexibility index (Phi) is 10.3. The number of carbonyl (C=O) groups excluding carboxylic acids is 1. The molecule has 4 rings (SSSR count). The van der Waals surface area contributed by atoms with Crippen molar-refractivity contribution >= 4 is 17.2 Å². The lowest BCUT2D eigenvalue weighted by Gasteiger charge is -2.37. The topological polar surface area (TPSA) is 71.5 Å². The van der Waals surface area contributed by atoms with Crippen LogP contribution in [-0.2, 0) is 22.6 Å². The number of aliphatic hydroxyl groups excluding tert-OH is 1. The smallest absolute Gasteiger partial charge is 0.237 e. The van der Waals surface area contributed by atoms with Crippen LogP contribution in [-0.4, -0.2) is 73.4 Å². The second kappa shape index (κ2) is 14.1. The van der Waals surface area contributed by atoms with Gasteiger partial charge in [0.1, 0.15) is 18.1 Å². The molecule has 3 aromatic rings. The Balaban J connectivity index is 1.35. The molecule has 2 atom stereocenters. The number of amides is 1. The Morgan fingerprint density at radius 2 is 1.95 bits per heavy atom. The van der Waals surface area contributed by atoms with Gasteiger partial charge in [0.2, 0.25) is 5.91 Å². The summed E-state index contributed by atoms with van der Waals surface area (Å²) in [6.45, 7) is 6.44. The molecule has 0 unspecified atom stereocenters. The molecule has 202 valence electrons. The number of ether oxygens (including phenoxy) is 3. The molecular formula is C30H36N2O5S. The summed E-state index contributed by atoms with van der Waals surface area (Å²) in [5, 5.41) is 12.7. The largest absolute Gasteiger partial charge is 0.497 e. The van der Waals surface area contributed by atoms with Gasteiger partial charge in [-0.25, -0.2) is 0 Å². The van der Waals surface area contributed by atoms with Crippen LogP contribution < -0.4 is 9.47 Å². The molecule has 0 fully saturated rings. The third-order valence-electron chi connectivity index (χ3n) is 6.52. The van der Waals surface area contributed by atoms with Crippen LogP contribution in [0.15, 0.2) is 78.7 Å². The van der Waals surface area contributed by atoms with Crippen LogP contribution in [0.2, 0.25) is 0 Å². The highest BCUT2D eigenvalue weighted by molar-refractivity contribution is 7.10. The monoisotopic (exact) mass is 536 g/mol. The molecule has 38 heavy (non-hydrogen) atoms. The molecule has 7 nitrogen and oxygen atoms in total. The number of nitrogens with zero attached hydrogens (tertiary/aromatic N) is 2. The first-order valence-corrected chi connectivity index (χ1v) is 13.7. The fourth-order valence-corrected chi connectivity index (χ4v) is 5.56. The standard InChI is InChI=1S/C30H36N2O5S/c1-3-15-31(18-24(33)21-36-20-23-7-5-4-6-8-23)19-30(34)32-16-13-29-27(14-17-38-29)28(32)22-37-26-11-9-25(35-2)10-12-26/h3-12,14,17,24,28,33H,1,13,15-16,18-22H2,2H3/t24-,28-/m0/s1. The lowest BCUT2D eigenvalue weighted by molar-refractivity contribution is -0.136. The average molecular weight is 537 g/mol. The van der Waals surface area contributed by atoms with Gasteiger partial charge in [-0.15, -0.1) is 17.9 Å². The molecule has 1 aromatic heterocycles. The van der Waals surface area contributed by atoms with Gasteiger partial charge in [0, 0.05) is 24.5 Å². The molecule has 1 N–H and O–H groups in total. The number of fused-ring (bicyclic) bond motifs is 1. The Morgan fingerprint density at radius 3 is 2.68 bits per heavy atom. The molecule has 0 bridgehead atoms. The van der Waals surface area contributed by atoms with E-state index in [-0.39, 0.29) is 25.1 Å². The molecule has 1 amide bonds. The molecule has 0 saturated heterocycles. The van der Waals surface area contributed by atoms with Gasteiger partial charge in [-0.05, 0) is 53.3 Å². The average Bonchev–Trinajstić information content (AvgIpc) is 3.42. The summed E-state index contributed by atoms with van der Waals surface area (Å²) in [4.78, 5) is 18.7. The highest BCUT2D eigenvalue weighted by atomic mass is 32.1. The minimum absolute atomic E-state index is 0.00411. The summed E-state index contributed by atoms with van der Waals surface area (Å²) in [6, 6.07) is 19.2. The molecule has 0 spiro atoms. The maximum absolute atomic E-state index is 13.6. The maximum Gasteiger partial charge on any atom is 0.237 e. The van der Waals surface area contributed by atoms with E-state index in [0.29, 0.717) is 32.8 Å². The summed E-state index contributed by atoms with van der Waals surface area (Å²) < 4.78 is 17.0. The number of carbonyl (C=O) groups is 1. The number of aliphatic hydroxyl groups is 1. The van der Waals surface area contributed by atoms with Crippen molar-refractivity contribution in [2.24, 2.45) is 0 Å². The van der Waals surface area contributed by atoms with E-state index in [0.717, 1.165) is 29.0 Å². The SMILES string of the molecule is C=CCN(CC(=O)N1CCc2sccc2[C@@H]1COc1ccc(OC)cc1)C[C@H](O)COCc1ccccc1. The Hall–Kier alpha value is -3.17. The maximum atomic E-state index is 13.6. The molecule has 1 aliphatic rings. The summed E-state index contributed by atoms with van der Waals surface area (Å²) in [7, 11) is 1.63. The van der Waals surface area contributed by atoms with Crippen molar-refractivity contribution in [3.05, 3.63) is 94.7 Å². The van der Waals surface area contributed by atoms with Gasteiger partial charge in [0.05, 0.1) is 39.0 Å². The molecule has 2 heterocycles. The van der Waals surface area contributed by atoms with Crippen LogP contribution in [0.3, 0.4) is 0 Å². The predicted octanol–water partition coefficient (Wildman–Crippen LogP) is 4.33. The quantitative estimate of drug-likeness (QED) is 0.310. The summed E-state index contributed by atoms with van der Waals surface area (Å²) in [6.07, 6.45) is 1.86. The lowest BCUT2D eigenvalue weighted by atomic mass is 10.0. The number of methoxy groups -OCH3 is 1. The normalized spacial score (nSPS) is 15.7. The highest BCUT2D eigenvalue weighted by Crippen LogP contribution is 2.34. The first-order valence-electron chi connectivity index (χ1n) is 12.8. The number of benzene rings is 2. The zero-order valence-electron chi connectivity index (χ0n) is 21.8. The van der Waals surface area contributed by atoms with Gasteiger partial charge in [0.25, 0.3) is 0 Å². The lowest BCUT2D eigenvalue weighted by Crippen LogP contribution is -2.48. The molecule has 1 aliphatic heterocycles. The van der Waals surface area contributed by atoms with Gasteiger partial charge in [0.15, 0.2) is 0 Å². The fraction of sp³-hybridized carbons (Fsp3) is 0.367. The van der Waals surface area contributed by atoms with Crippen molar-refractivity contribution in [1.29, 1.82) is 0 Å². The van der Waals surface area contributed by atoms with Crippen molar-refractivity contribution in [3.8, 4) is 11.5 Å². The summed E-state index contributed by atoms with van der Waals surface area (Å²) in [5.41, 5.74) is 2.20. The first kappa shape index (κ1) is 27.9. The third kappa shape index (κ3) is 7.68. The molecular weight excluding hydrogens is 500 g/mol. The minimum Gasteiger partial charge on any atom is -0.497 e. The predicted molar refractivity (Wildman–Crippen MR) is 150 cm³/mol. The van der Waals surface area contributed by atoms with E-state index in [1.54, 1.807) is 24.5 Å². The van der Waals surface area contributed by atoms with Crippen LogP contribution in [0.1, 0.15) is 22.0 Å². The van der Waals surface area contributed by atoms with Crippen molar-refractivity contribution in [2.75, 3.05) is 46.5 Å². The Labute approximate surface area is 228 Å². The van der Waals surface area contributed by atoms with E-state index < -0.39 is 6.10 Å². The fourth-order valence-electron chi connectivity index (χ4n) is 4.63. The van der Waals surface area contributed by atoms with Gasteiger partial charge in [-0.2, -0.15) is 0 Å². The molecule has 0 aliphatic carbocycles. The minimum atomic E-state index is -0.717. The summed E-state index contributed by atoms with van der Waals surface area (Å²) >= 11 is 1.73. The number of hydrogen-bond acceptors (Lipinski definition) is 7. The first-order chi connectivity index (χ1) is 18.6. The van der Waals surface area contributed by atoms with Crippen LogP contribution in [0, 0.1) is 0 Å². The zero-order valence-corrected chi connectivity index (χ0v) is 22.6.